The zero-order valence-corrected chi connectivity index (χ0v) is 8.97. The molecule has 14 heavy (non-hydrogen) atoms. The summed E-state index contributed by atoms with van der Waals surface area (Å²) < 4.78 is 0. The zero-order chi connectivity index (χ0) is 9.38. The molecule has 0 saturated heterocycles. The third-order valence-electron chi connectivity index (χ3n) is 4.33. The van der Waals surface area contributed by atoms with Crippen molar-refractivity contribution in [1.29, 1.82) is 0 Å². The molecule has 2 atom stereocenters. The van der Waals surface area contributed by atoms with E-state index >= 15 is 0 Å². The fourth-order valence-electron chi connectivity index (χ4n) is 3.37. The Bertz CT molecular complexity index is 252. The van der Waals surface area contributed by atoms with Gasteiger partial charge in [-0.1, -0.05) is 23.3 Å². The van der Waals surface area contributed by atoms with E-state index in [4.69, 9.17) is 0 Å². The molecule has 0 aromatic carbocycles. The second-order valence-electron chi connectivity index (χ2n) is 5.41. The minimum absolute atomic E-state index is 1.08. The Hall–Kier alpha value is -0.520. The molecular formula is C14H20. The van der Waals surface area contributed by atoms with Gasteiger partial charge in [-0.05, 0) is 63.2 Å². The van der Waals surface area contributed by atoms with Crippen LogP contribution in [0.1, 0.15) is 51.4 Å². The molecule has 2 fully saturated rings. The highest BCUT2D eigenvalue weighted by Crippen LogP contribution is 2.39. The van der Waals surface area contributed by atoms with Gasteiger partial charge in [0.15, 0.2) is 0 Å². The second-order valence-corrected chi connectivity index (χ2v) is 5.41. The summed E-state index contributed by atoms with van der Waals surface area (Å²) in [6.45, 7) is 0. The van der Waals surface area contributed by atoms with Crippen LogP contribution in [-0.2, 0) is 0 Å². The molecule has 0 spiro atoms. The average Bonchev–Trinajstić information content (AvgIpc) is 3.01. The van der Waals surface area contributed by atoms with Gasteiger partial charge in [0.05, 0.1) is 0 Å². The van der Waals surface area contributed by atoms with Crippen LogP contribution in [-0.4, -0.2) is 0 Å². The fraction of sp³-hybridized carbons (Fsp3) is 0.714. The number of allylic oxidation sites excluding steroid dienone is 4. The molecule has 2 saturated carbocycles. The van der Waals surface area contributed by atoms with Crippen LogP contribution in [0.3, 0.4) is 0 Å². The second kappa shape index (κ2) is 3.56. The lowest BCUT2D eigenvalue weighted by Gasteiger charge is -1.98. The van der Waals surface area contributed by atoms with Crippen molar-refractivity contribution in [2.75, 3.05) is 0 Å². The van der Waals surface area contributed by atoms with E-state index in [9.17, 15) is 0 Å². The smallest absolute Gasteiger partial charge is 0.0289 e. The third kappa shape index (κ3) is 1.67. The van der Waals surface area contributed by atoms with Crippen LogP contribution < -0.4 is 0 Å². The minimum Gasteiger partial charge on any atom is -0.0850 e. The largest absolute Gasteiger partial charge is 0.0850 e. The Kier molecular flexibility index (Phi) is 2.23. The quantitative estimate of drug-likeness (QED) is 0.499. The average molecular weight is 188 g/mol. The number of rotatable bonds is 0. The molecule has 0 radical (unpaired) electrons. The maximum absolute atomic E-state index is 2.42. The van der Waals surface area contributed by atoms with E-state index < -0.39 is 0 Å². The van der Waals surface area contributed by atoms with Gasteiger partial charge in [0, 0.05) is 0 Å². The third-order valence-corrected chi connectivity index (χ3v) is 4.33. The standard InChI is InChI=1S/2C7H10/c2*1-2-7-4-3-6(1)5-7/h2*1,7H,2-5H2. The van der Waals surface area contributed by atoms with Gasteiger partial charge in [-0.15, -0.1) is 0 Å². The molecule has 0 amide bonds. The predicted molar refractivity (Wildman–Crippen MR) is 60.1 cm³/mol. The first-order valence-corrected chi connectivity index (χ1v) is 6.26. The molecule has 0 aliphatic heterocycles. The first-order valence-electron chi connectivity index (χ1n) is 6.26. The van der Waals surface area contributed by atoms with Gasteiger partial charge in [0.2, 0.25) is 0 Å². The van der Waals surface area contributed by atoms with Crippen LogP contribution in [0.25, 0.3) is 0 Å². The van der Waals surface area contributed by atoms with Crippen LogP contribution in [0.4, 0.5) is 0 Å². The minimum atomic E-state index is 1.08. The predicted octanol–water partition coefficient (Wildman–Crippen LogP) is 4.23. The topological polar surface area (TPSA) is 0 Å². The molecule has 0 heterocycles. The van der Waals surface area contributed by atoms with E-state index in [2.05, 4.69) is 12.2 Å². The highest BCUT2D eigenvalue weighted by Gasteiger charge is 2.23. The van der Waals surface area contributed by atoms with Crippen LogP contribution in [0.5, 0.6) is 0 Å². The summed E-state index contributed by atoms with van der Waals surface area (Å²) >= 11 is 0. The summed E-state index contributed by atoms with van der Waals surface area (Å²) in [5, 5.41) is 0. The highest BCUT2D eigenvalue weighted by molar-refractivity contribution is 5.15. The van der Waals surface area contributed by atoms with Crippen molar-refractivity contribution in [3.8, 4) is 0 Å². The van der Waals surface area contributed by atoms with E-state index in [1.165, 1.54) is 51.4 Å². The SMILES string of the molecule is C1=C2CCC(C1)C2.C1=C2CCC(C1)C2. The van der Waals surface area contributed by atoms with Gasteiger partial charge >= 0.3 is 0 Å². The first kappa shape index (κ1) is 8.76. The summed E-state index contributed by atoms with van der Waals surface area (Å²) in [6, 6.07) is 0. The molecule has 0 aromatic rings. The summed E-state index contributed by atoms with van der Waals surface area (Å²) in [5.41, 5.74) is 3.48. The van der Waals surface area contributed by atoms with E-state index in [1.807, 2.05) is 0 Å². The Morgan fingerprint density at radius 3 is 1.36 bits per heavy atom. The molecular weight excluding hydrogens is 168 g/mol. The van der Waals surface area contributed by atoms with Gasteiger partial charge in [0.25, 0.3) is 0 Å². The first-order chi connectivity index (χ1) is 6.90. The lowest BCUT2D eigenvalue weighted by Crippen LogP contribution is -1.85. The number of hydrogen-bond donors (Lipinski definition) is 0. The van der Waals surface area contributed by atoms with Crippen molar-refractivity contribution in [2.24, 2.45) is 11.8 Å². The lowest BCUT2D eigenvalue weighted by atomic mass is 10.1. The highest BCUT2D eigenvalue weighted by atomic mass is 14.3. The Balaban J connectivity index is 0.0000000914. The summed E-state index contributed by atoms with van der Waals surface area (Å²) in [6.07, 6.45) is 16.4. The molecule has 76 valence electrons. The van der Waals surface area contributed by atoms with Crippen molar-refractivity contribution in [3.05, 3.63) is 23.3 Å². The fourth-order valence-corrected chi connectivity index (χ4v) is 3.37. The summed E-state index contributed by atoms with van der Waals surface area (Å²) in [4.78, 5) is 0. The molecule has 4 bridgehead atoms. The molecule has 0 N–H and O–H groups in total. The molecule has 0 aromatic heterocycles. The van der Waals surface area contributed by atoms with E-state index in [1.54, 1.807) is 11.1 Å². The van der Waals surface area contributed by atoms with E-state index in [-0.39, 0.29) is 0 Å². The van der Waals surface area contributed by atoms with Crippen molar-refractivity contribution in [3.63, 3.8) is 0 Å². The molecule has 0 nitrogen and oxygen atoms in total. The summed E-state index contributed by atoms with van der Waals surface area (Å²) in [5.74, 6) is 2.16. The molecule has 2 unspecified atom stereocenters. The van der Waals surface area contributed by atoms with E-state index in [0.29, 0.717) is 0 Å². The maximum atomic E-state index is 2.42. The van der Waals surface area contributed by atoms with Gasteiger partial charge in [-0.25, -0.2) is 0 Å². The Labute approximate surface area is 87.1 Å². The van der Waals surface area contributed by atoms with Crippen molar-refractivity contribution in [2.45, 2.75) is 51.4 Å². The van der Waals surface area contributed by atoms with Crippen molar-refractivity contribution in [1.82, 2.24) is 0 Å². The van der Waals surface area contributed by atoms with E-state index in [0.717, 1.165) is 11.8 Å². The van der Waals surface area contributed by atoms with Gasteiger partial charge in [0.1, 0.15) is 0 Å². The molecule has 0 heteroatoms. The molecule has 4 aliphatic rings. The molecule has 4 rings (SSSR count). The monoisotopic (exact) mass is 188 g/mol. The van der Waals surface area contributed by atoms with Crippen molar-refractivity contribution >= 4 is 0 Å². The number of hydrogen-bond acceptors (Lipinski definition) is 0. The maximum Gasteiger partial charge on any atom is -0.0289 e. The zero-order valence-electron chi connectivity index (χ0n) is 8.97. The normalized spacial score (nSPS) is 36.6. The molecule has 4 aliphatic carbocycles. The summed E-state index contributed by atoms with van der Waals surface area (Å²) in [7, 11) is 0. The Morgan fingerprint density at radius 1 is 0.786 bits per heavy atom. The number of fused-ring (bicyclic) bond motifs is 4. The van der Waals surface area contributed by atoms with Crippen LogP contribution >= 0.6 is 0 Å². The van der Waals surface area contributed by atoms with Crippen LogP contribution in [0, 0.1) is 11.8 Å². The van der Waals surface area contributed by atoms with Gasteiger partial charge in [-0.3, -0.25) is 0 Å². The lowest BCUT2D eigenvalue weighted by molar-refractivity contribution is 0.576. The van der Waals surface area contributed by atoms with Gasteiger partial charge in [-0.2, -0.15) is 0 Å². The Morgan fingerprint density at radius 2 is 1.29 bits per heavy atom. The van der Waals surface area contributed by atoms with Crippen LogP contribution in [0.2, 0.25) is 0 Å². The van der Waals surface area contributed by atoms with Gasteiger partial charge < -0.3 is 0 Å². The van der Waals surface area contributed by atoms with Crippen molar-refractivity contribution < 1.29 is 0 Å². The van der Waals surface area contributed by atoms with Crippen LogP contribution in [0.15, 0.2) is 23.3 Å².